The van der Waals surface area contributed by atoms with Gasteiger partial charge in [0, 0.05) is 0 Å². The molecule has 1 aromatic rings. The van der Waals surface area contributed by atoms with Crippen molar-refractivity contribution in [2.45, 2.75) is 11.0 Å². The number of hydrogen-bond donors (Lipinski definition) is 3. The maximum atomic E-state index is 12.8. The zero-order valence-electron chi connectivity index (χ0n) is 14.9. The van der Waals surface area contributed by atoms with Gasteiger partial charge in [0.2, 0.25) is 10.0 Å². The van der Waals surface area contributed by atoms with Crippen molar-refractivity contribution in [3.8, 4) is 0 Å². The predicted molar refractivity (Wildman–Crippen MR) is 98.2 cm³/mol. The molecule has 0 aromatic heterocycles. The average molecular weight is 406 g/mol. The molecule has 0 bridgehead atoms. The van der Waals surface area contributed by atoms with Gasteiger partial charge in [-0.25, -0.2) is 8.42 Å². The van der Waals surface area contributed by atoms with E-state index in [1.165, 1.54) is 14.1 Å². The Kier molecular flexibility index (Phi) is 6.90. The lowest BCUT2D eigenvalue weighted by Gasteiger charge is -2.33. The summed E-state index contributed by atoms with van der Waals surface area (Å²) in [5, 5.41) is 10.6. The third kappa shape index (κ3) is 4.95. The fourth-order valence-corrected chi connectivity index (χ4v) is 5.58. The van der Waals surface area contributed by atoms with E-state index in [0.717, 1.165) is 32.8 Å². The lowest BCUT2D eigenvalue weighted by atomic mass is 10.2. The topological polar surface area (TPSA) is 75.7 Å². The standard InChI is InChI=1S/C17H26ClN3O4S/c18-16-3-1-2-4-17(16)26(23,24)21-7-5-19(6-8-21)13-15(22)14-20-9-11-25-12-10-20/h1-4,15,22H,5-14H2/p+2/t15-/m0/s1. The van der Waals surface area contributed by atoms with Crippen LogP contribution in [0.15, 0.2) is 29.2 Å². The van der Waals surface area contributed by atoms with Gasteiger partial charge in [0.1, 0.15) is 31.1 Å². The molecule has 1 aromatic carbocycles. The van der Waals surface area contributed by atoms with Crippen LogP contribution in [-0.2, 0) is 14.8 Å². The summed E-state index contributed by atoms with van der Waals surface area (Å²) in [6, 6.07) is 6.55. The first kappa shape index (κ1) is 20.0. The summed E-state index contributed by atoms with van der Waals surface area (Å²) in [6.07, 6.45) is -0.371. The van der Waals surface area contributed by atoms with Crippen LogP contribution in [0.1, 0.15) is 0 Å². The Labute approximate surface area is 160 Å². The average Bonchev–Trinajstić information content (AvgIpc) is 2.63. The maximum absolute atomic E-state index is 12.8. The molecule has 9 heteroatoms. The van der Waals surface area contributed by atoms with Crippen LogP contribution in [0.5, 0.6) is 0 Å². The molecule has 0 unspecified atom stereocenters. The maximum Gasteiger partial charge on any atom is 0.244 e. The highest BCUT2D eigenvalue weighted by Crippen LogP contribution is 2.23. The first-order valence-electron chi connectivity index (χ1n) is 9.14. The van der Waals surface area contributed by atoms with Crippen LogP contribution in [0.2, 0.25) is 5.02 Å². The van der Waals surface area contributed by atoms with E-state index >= 15 is 0 Å². The monoisotopic (exact) mass is 405 g/mol. The van der Waals surface area contributed by atoms with E-state index in [0.29, 0.717) is 32.7 Å². The van der Waals surface area contributed by atoms with Crippen LogP contribution in [0.3, 0.4) is 0 Å². The number of ether oxygens (including phenoxy) is 1. The van der Waals surface area contributed by atoms with Crippen molar-refractivity contribution in [2.24, 2.45) is 0 Å². The van der Waals surface area contributed by atoms with Gasteiger partial charge < -0.3 is 19.6 Å². The van der Waals surface area contributed by atoms with Gasteiger partial charge in [-0.2, -0.15) is 4.31 Å². The van der Waals surface area contributed by atoms with Gasteiger partial charge in [-0.15, -0.1) is 0 Å². The number of piperazine rings is 1. The normalized spacial score (nSPS) is 22.4. The van der Waals surface area contributed by atoms with Crippen molar-refractivity contribution < 1.29 is 28.1 Å². The summed E-state index contributed by atoms with van der Waals surface area (Å²) in [6.45, 7) is 7.06. The molecule has 0 spiro atoms. The first-order chi connectivity index (χ1) is 12.5. The second kappa shape index (κ2) is 8.97. The molecular weight excluding hydrogens is 378 g/mol. The molecule has 7 nitrogen and oxygen atoms in total. The minimum Gasteiger partial charge on any atom is -0.382 e. The van der Waals surface area contributed by atoms with E-state index < -0.39 is 10.0 Å². The number of halogens is 1. The van der Waals surface area contributed by atoms with E-state index in [9.17, 15) is 13.5 Å². The Morgan fingerprint density at radius 1 is 1.08 bits per heavy atom. The van der Waals surface area contributed by atoms with Crippen LogP contribution in [0, 0.1) is 0 Å². The summed E-state index contributed by atoms with van der Waals surface area (Å²) < 4.78 is 32.4. The number of morpholine rings is 1. The fraction of sp³-hybridized carbons (Fsp3) is 0.647. The Hall–Kier alpha value is -0.740. The predicted octanol–water partition coefficient (Wildman–Crippen LogP) is -2.49. The molecule has 0 amide bonds. The van der Waals surface area contributed by atoms with Crippen molar-refractivity contribution in [1.82, 2.24) is 4.31 Å². The van der Waals surface area contributed by atoms with Gasteiger partial charge in [0.15, 0.2) is 6.10 Å². The number of nitrogens with one attached hydrogen (secondary N) is 2. The second-order valence-corrected chi connectivity index (χ2v) is 9.32. The zero-order valence-corrected chi connectivity index (χ0v) is 16.4. The van der Waals surface area contributed by atoms with Crippen LogP contribution in [0.25, 0.3) is 0 Å². The van der Waals surface area contributed by atoms with Gasteiger partial charge in [0.25, 0.3) is 0 Å². The highest BCUT2D eigenvalue weighted by Gasteiger charge is 2.32. The fourth-order valence-electron chi connectivity index (χ4n) is 3.64. The number of nitrogens with zero attached hydrogens (tertiary/aromatic N) is 1. The number of quaternary nitrogens is 2. The van der Waals surface area contributed by atoms with Crippen molar-refractivity contribution in [3.63, 3.8) is 0 Å². The molecule has 2 aliphatic heterocycles. The summed E-state index contributed by atoms with van der Waals surface area (Å²) in [7, 11) is -3.56. The van der Waals surface area contributed by atoms with Gasteiger partial charge in [-0.3, -0.25) is 0 Å². The van der Waals surface area contributed by atoms with Crippen molar-refractivity contribution in [1.29, 1.82) is 0 Å². The molecule has 2 saturated heterocycles. The SMILES string of the molecule is O=S(=O)(c1ccccc1Cl)N1CC[NH+](C[C@H](O)C[NH+]2CCOCC2)CC1. The summed E-state index contributed by atoms with van der Waals surface area (Å²) >= 11 is 6.06. The number of sulfonamides is 1. The molecule has 146 valence electrons. The summed E-state index contributed by atoms with van der Waals surface area (Å²) in [4.78, 5) is 2.79. The van der Waals surface area contributed by atoms with Gasteiger partial charge in [-0.05, 0) is 12.1 Å². The molecule has 0 radical (unpaired) electrons. The molecule has 1 atom stereocenters. The molecule has 2 aliphatic rings. The van der Waals surface area contributed by atoms with Gasteiger partial charge >= 0.3 is 0 Å². The smallest absolute Gasteiger partial charge is 0.244 e. The Balaban J connectivity index is 1.50. The Morgan fingerprint density at radius 2 is 1.65 bits per heavy atom. The van der Waals surface area contributed by atoms with Crippen molar-refractivity contribution in [2.75, 3.05) is 65.6 Å². The minimum absolute atomic E-state index is 0.168. The van der Waals surface area contributed by atoms with E-state index in [2.05, 4.69) is 0 Å². The number of rotatable bonds is 6. The zero-order chi connectivity index (χ0) is 18.6. The number of benzene rings is 1. The molecule has 2 heterocycles. The molecule has 2 fully saturated rings. The van der Waals surface area contributed by atoms with E-state index in [1.54, 1.807) is 24.3 Å². The van der Waals surface area contributed by atoms with Crippen LogP contribution >= 0.6 is 11.6 Å². The minimum atomic E-state index is -3.56. The van der Waals surface area contributed by atoms with Crippen LogP contribution in [0.4, 0.5) is 0 Å². The van der Waals surface area contributed by atoms with Crippen LogP contribution in [-0.4, -0.2) is 89.5 Å². The molecular formula is C17H28ClN3O4S+2. The Morgan fingerprint density at radius 3 is 2.27 bits per heavy atom. The first-order valence-corrected chi connectivity index (χ1v) is 11.0. The van der Waals surface area contributed by atoms with Crippen LogP contribution < -0.4 is 9.80 Å². The van der Waals surface area contributed by atoms with Crippen molar-refractivity contribution in [3.05, 3.63) is 29.3 Å². The lowest BCUT2D eigenvalue weighted by molar-refractivity contribution is -0.930. The highest BCUT2D eigenvalue weighted by molar-refractivity contribution is 7.89. The van der Waals surface area contributed by atoms with Gasteiger partial charge in [-0.1, -0.05) is 23.7 Å². The quantitative estimate of drug-likeness (QED) is 0.489. The van der Waals surface area contributed by atoms with E-state index in [1.807, 2.05) is 0 Å². The summed E-state index contributed by atoms with van der Waals surface area (Å²) in [5.74, 6) is 0. The van der Waals surface area contributed by atoms with Gasteiger partial charge in [0.05, 0.1) is 44.4 Å². The second-order valence-electron chi connectivity index (χ2n) is 7.01. The third-order valence-electron chi connectivity index (χ3n) is 5.13. The molecule has 0 saturated carbocycles. The van der Waals surface area contributed by atoms with E-state index in [4.69, 9.17) is 16.3 Å². The largest absolute Gasteiger partial charge is 0.382 e. The molecule has 26 heavy (non-hydrogen) atoms. The molecule has 3 N–H and O–H groups in total. The number of aliphatic hydroxyl groups is 1. The van der Waals surface area contributed by atoms with E-state index in [-0.39, 0.29) is 16.0 Å². The number of hydrogen-bond acceptors (Lipinski definition) is 4. The highest BCUT2D eigenvalue weighted by atomic mass is 35.5. The lowest BCUT2D eigenvalue weighted by Crippen LogP contribution is -3.19. The van der Waals surface area contributed by atoms with Crippen molar-refractivity contribution >= 4 is 21.6 Å². The molecule has 0 aliphatic carbocycles. The number of aliphatic hydroxyl groups excluding tert-OH is 1. The summed E-state index contributed by atoms with van der Waals surface area (Å²) in [5.41, 5.74) is 0. The third-order valence-corrected chi connectivity index (χ3v) is 7.53. The molecule has 3 rings (SSSR count). The Bertz CT molecular complexity index is 689.